The van der Waals surface area contributed by atoms with Gasteiger partial charge in [0.2, 0.25) is 5.82 Å². The molecule has 1 N–H and O–H groups in total. The fourth-order valence-electron chi connectivity index (χ4n) is 2.04. The van der Waals surface area contributed by atoms with Crippen molar-refractivity contribution in [2.75, 3.05) is 18.0 Å². The first-order valence-electron chi connectivity index (χ1n) is 5.72. The molecule has 2 rings (SSSR count). The van der Waals surface area contributed by atoms with E-state index in [4.69, 9.17) is 11.6 Å². The van der Waals surface area contributed by atoms with Crippen molar-refractivity contribution in [1.82, 2.24) is 4.98 Å². The summed E-state index contributed by atoms with van der Waals surface area (Å²) in [6.07, 6.45) is 1.67. The summed E-state index contributed by atoms with van der Waals surface area (Å²) in [5, 5.41) is 21.0. The Morgan fingerprint density at radius 2 is 2.39 bits per heavy atom. The van der Waals surface area contributed by atoms with Crippen LogP contribution in [0, 0.1) is 16.0 Å². The van der Waals surface area contributed by atoms with E-state index in [1.807, 2.05) is 6.92 Å². The Kier molecular flexibility index (Phi) is 3.68. The van der Waals surface area contributed by atoms with Crippen LogP contribution >= 0.6 is 11.6 Å². The van der Waals surface area contributed by atoms with Crippen LogP contribution in [0.1, 0.15) is 13.3 Å². The van der Waals surface area contributed by atoms with Crippen molar-refractivity contribution in [3.05, 3.63) is 27.4 Å². The van der Waals surface area contributed by atoms with Gasteiger partial charge in [0.15, 0.2) is 0 Å². The quantitative estimate of drug-likeness (QED) is 0.656. The predicted octanol–water partition coefficient (Wildman–Crippen LogP) is 1.85. The first kappa shape index (κ1) is 13.0. The zero-order valence-corrected chi connectivity index (χ0v) is 10.7. The van der Waals surface area contributed by atoms with Crippen LogP contribution in [0.3, 0.4) is 0 Å². The Balaban J connectivity index is 2.30. The first-order chi connectivity index (χ1) is 8.49. The van der Waals surface area contributed by atoms with Gasteiger partial charge in [-0.25, -0.2) is 4.98 Å². The molecule has 0 amide bonds. The van der Waals surface area contributed by atoms with Crippen molar-refractivity contribution < 1.29 is 10.0 Å². The highest BCUT2D eigenvalue weighted by molar-refractivity contribution is 6.30. The molecule has 18 heavy (non-hydrogen) atoms. The minimum Gasteiger partial charge on any atom is -0.391 e. The van der Waals surface area contributed by atoms with Crippen LogP contribution < -0.4 is 4.90 Å². The molecule has 0 spiro atoms. The molecule has 2 atom stereocenters. The van der Waals surface area contributed by atoms with Gasteiger partial charge in [0, 0.05) is 25.4 Å². The minimum absolute atomic E-state index is 0.121. The second-order valence-electron chi connectivity index (χ2n) is 4.53. The fourth-order valence-corrected chi connectivity index (χ4v) is 2.19. The third-order valence-corrected chi connectivity index (χ3v) is 3.44. The third kappa shape index (κ3) is 2.54. The summed E-state index contributed by atoms with van der Waals surface area (Å²) in [5.41, 5.74) is -0.121. The molecular formula is C11H14ClN3O3. The maximum atomic E-state index is 11.0. The molecule has 0 aromatic carbocycles. The maximum Gasteiger partial charge on any atom is 0.313 e. The Hall–Kier alpha value is -1.40. The lowest BCUT2D eigenvalue weighted by molar-refractivity contribution is -0.384. The number of piperidine rings is 1. The second kappa shape index (κ2) is 5.07. The van der Waals surface area contributed by atoms with E-state index >= 15 is 0 Å². The van der Waals surface area contributed by atoms with Crippen molar-refractivity contribution in [2.45, 2.75) is 19.4 Å². The zero-order valence-electron chi connectivity index (χ0n) is 9.91. The standard InChI is InChI=1S/C11H14ClN3O3/c1-7-2-3-14(6-10(7)16)11-9(15(17)18)4-8(12)5-13-11/h4-5,7,10,16H,2-3,6H2,1H3. The molecule has 7 heteroatoms. The molecule has 1 aromatic rings. The van der Waals surface area contributed by atoms with Crippen molar-refractivity contribution in [3.8, 4) is 0 Å². The largest absolute Gasteiger partial charge is 0.391 e. The van der Waals surface area contributed by atoms with Crippen LogP contribution in [0.4, 0.5) is 11.5 Å². The number of β-amino-alcohol motifs (C(OH)–C–C–N with tert-alkyl or cyclic N) is 1. The van der Waals surface area contributed by atoms with Gasteiger partial charge in [0.25, 0.3) is 0 Å². The lowest BCUT2D eigenvalue weighted by atomic mass is 9.96. The number of hydrogen-bond donors (Lipinski definition) is 1. The smallest absolute Gasteiger partial charge is 0.313 e. The van der Waals surface area contributed by atoms with E-state index in [2.05, 4.69) is 4.98 Å². The molecule has 1 saturated heterocycles. The topological polar surface area (TPSA) is 79.5 Å². The highest BCUT2D eigenvalue weighted by atomic mass is 35.5. The summed E-state index contributed by atoms with van der Waals surface area (Å²) in [6, 6.07) is 1.29. The molecular weight excluding hydrogens is 258 g/mol. The lowest BCUT2D eigenvalue weighted by Crippen LogP contribution is -2.43. The van der Waals surface area contributed by atoms with Crippen LogP contribution in [0.2, 0.25) is 5.02 Å². The Bertz CT molecular complexity index is 469. The number of nitrogens with zero attached hydrogens (tertiary/aromatic N) is 3. The van der Waals surface area contributed by atoms with Crippen molar-refractivity contribution in [3.63, 3.8) is 0 Å². The number of rotatable bonds is 2. The maximum absolute atomic E-state index is 11.0. The molecule has 1 aliphatic rings. The Morgan fingerprint density at radius 1 is 1.67 bits per heavy atom. The summed E-state index contributed by atoms with van der Waals surface area (Å²) < 4.78 is 0. The second-order valence-corrected chi connectivity index (χ2v) is 4.97. The van der Waals surface area contributed by atoms with E-state index in [1.165, 1.54) is 12.3 Å². The SMILES string of the molecule is CC1CCN(c2ncc(Cl)cc2[N+](=O)[O-])CC1O. The summed E-state index contributed by atoms with van der Waals surface area (Å²) in [6.45, 7) is 2.97. The van der Waals surface area contributed by atoms with Crippen LogP contribution in [-0.4, -0.2) is 34.2 Å². The molecule has 2 heterocycles. The van der Waals surface area contributed by atoms with E-state index in [9.17, 15) is 15.2 Å². The molecule has 0 radical (unpaired) electrons. The summed E-state index contributed by atoms with van der Waals surface area (Å²) in [5.74, 6) is 0.475. The average molecular weight is 272 g/mol. The fraction of sp³-hybridized carbons (Fsp3) is 0.545. The monoisotopic (exact) mass is 271 g/mol. The lowest BCUT2D eigenvalue weighted by Gasteiger charge is -2.34. The van der Waals surface area contributed by atoms with Gasteiger partial charge in [-0.05, 0) is 12.3 Å². The number of aromatic nitrogens is 1. The van der Waals surface area contributed by atoms with Gasteiger partial charge in [-0.2, -0.15) is 0 Å². The summed E-state index contributed by atoms with van der Waals surface area (Å²) >= 11 is 5.72. The van der Waals surface area contributed by atoms with Gasteiger partial charge in [0.05, 0.1) is 16.0 Å². The molecule has 1 fully saturated rings. The summed E-state index contributed by atoms with van der Waals surface area (Å²) in [7, 11) is 0. The average Bonchev–Trinajstić information content (AvgIpc) is 2.32. The Labute approximate surface area is 109 Å². The Morgan fingerprint density at radius 3 is 3.00 bits per heavy atom. The zero-order chi connectivity index (χ0) is 13.3. The number of aliphatic hydroxyl groups excluding tert-OH is 1. The van der Waals surface area contributed by atoms with Crippen molar-refractivity contribution in [1.29, 1.82) is 0 Å². The molecule has 1 aliphatic heterocycles. The molecule has 0 saturated carbocycles. The molecule has 98 valence electrons. The van der Waals surface area contributed by atoms with Gasteiger partial charge in [-0.1, -0.05) is 18.5 Å². The normalized spacial score (nSPS) is 24.1. The number of hydrogen-bond acceptors (Lipinski definition) is 5. The minimum atomic E-state index is -0.501. The first-order valence-corrected chi connectivity index (χ1v) is 6.09. The molecule has 1 aromatic heterocycles. The number of nitro groups is 1. The van der Waals surface area contributed by atoms with E-state index in [0.717, 1.165) is 6.42 Å². The molecule has 2 unspecified atom stereocenters. The molecule has 0 aliphatic carbocycles. The van der Waals surface area contributed by atoms with Crippen LogP contribution in [-0.2, 0) is 0 Å². The third-order valence-electron chi connectivity index (χ3n) is 3.23. The van der Waals surface area contributed by atoms with E-state index in [0.29, 0.717) is 13.1 Å². The molecule has 6 nitrogen and oxygen atoms in total. The van der Waals surface area contributed by atoms with Crippen molar-refractivity contribution >= 4 is 23.1 Å². The van der Waals surface area contributed by atoms with Gasteiger partial charge < -0.3 is 10.0 Å². The van der Waals surface area contributed by atoms with E-state index in [-0.39, 0.29) is 22.4 Å². The number of anilines is 1. The van der Waals surface area contributed by atoms with Crippen LogP contribution in [0.5, 0.6) is 0 Å². The predicted molar refractivity (Wildman–Crippen MR) is 67.9 cm³/mol. The number of halogens is 1. The highest BCUT2D eigenvalue weighted by Gasteiger charge is 2.29. The van der Waals surface area contributed by atoms with Gasteiger partial charge in [0.1, 0.15) is 0 Å². The molecule has 0 bridgehead atoms. The van der Waals surface area contributed by atoms with E-state index < -0.39 is 11.0 Å². The van der Waals surface area contributed by atoms with Gasteiger partial charge >= 0.3 is 5.69 Å². The highest BCUT2D eigenvalue weighted by Crippen LogP contribution is 2.31. The van der Waals surface area contributed by atoms with Crippen LogP contribution in [0.25, 0.3) is 0 Å². The number of aliphatic hydroxyl groups is 1. The summed E-state index contributed by atoms with van der Waals surface area (Å²) in [4.78, 5) is 16.2. The number of pyridine rings is 1. The van der Waals surface area contributed by atoms with Gasteiger partial charge in [-0.3, -0.25) is 10.1 Å². The van der Waals surface area contributed by atoms with Gasteiger partial charge in [-0.15, -0.1) is 0 Å². The van der Waals surface area contributed by atoms with Crippen molar-refractivity contribution in [2.24, 2.45) is 5.92 Å². The van der Waals surface area contributed by atoms with E-state index in [1.54, 1.807) is 4.90 Å². The van der Waals surface area contributed by atoms with Crippen LogP contribution in [0.15, 0.2) is 12.3 Å².